The molecule has 1 aliphatic carbocycles. The van der Waals surface area contributed by atoms with E-state index in [0.717, 1.165) is 38.8 Å². The van der Waals surface area contributed by atoms with Gasteiger partial charge in [0.2, 0.25) is 5.91 Å². The first-order valence-corrected chi connectivity index (χ1v) is 7.65. The smallest absolute Gasteiger partial charge is 0.223 e. The van der Waals surface area contributed by atoms with Crippen LogP contribution in [0.25, 0.3) is 0 Å². The van der Waals surface area contributed by atoms with Crippen LogP contribution in [0, 0.1) is 22.7 Å². The molecule has 1 fully saturated rings. The minimum absolute atomic E-state index is 0.108. The monoisotopic (exact) mass is 268 g/mol. The van der Waals surface area contributed by atoms with Crippen molar-refractivity contribution in [2.24, 2.45) is 28.4 Å². The maximum atomic E-state index is 12.2. The van der Waals surface area contributed by atoms with E-state index < -0.39 is 0 Å². The third-order valence-corrected chi connectivity index (χ3v) is 5.29. The summed E-state index contributed by atoms with van der Waals surface area (Å²) in [5.74, 6) is 1.08. The number of rotatable bonds is 4. The molecule has 112 valence electrons. The molecule has 0 saturated heterocycles. The molecule has 0 aromatic rings. The highest BCUT2D eigenvalue weighted by molar-refractivity contribution is 5.78. The zero-order valence-electron chi connectivity index (χ0n) is 13.4. The molecule has 0 aliphatic heterocycles. The summed E-state index contributed by atoms with van der Waals surface area (Å²) in [5, 5.41) is 3.16. The van der Waals surface area contributed by atoms with Gasteiger partial charge in [0.15, 0.2) is 0 Å². The molecule has 0 aromatic carbocycles. The van der Waals surface area contributed by atoms with Crippen LogP contribution >= 0.6 is 0 Å². The second-order valence-electron chi connectivity index (χ2n) is 7.81. The van der Waals surface area contributed by atoms with E-state index in [1.807, 2.05) is 0 Å². The fourth-order valence-electron chi connectivity index (χ4n) is 2.38. The van der Waals surface area contributed by atoms with Gasteiger partial charge in [0, 0.05) is 12.5 Å². The van der Waals surface area contributed by atoms with Crippen LogP contribution in [0.4, 0.5) is 0 Å². The van der Waals surface area contributed by atoms with Crippen LogP contribution in [-0.4, -0.2) is 19.0 Å². The fourth-order valence-corrected chi connectivity index (χ4v) is 2.38. The van der Waals surface area contributed by atoms with Gasteiger partial charge in [-0.2, -0.15) is 0 Å². The summed E-state index contributed by atoms with van der Waals surface area (Å²) in [5.41, 5.74) is 5.99. The van der Waals surface area contributed by atoms with Crippen LogP contribution in [0.2, 0.25) is 0 Å². The molecule has 1 amide bonds. The average Bonchev–Trinajstić information content (AvgIpc) is 2.35. The molecule has 0 unspecified atom stereocenters. The van der Waals surface area contributed by atoms with E-state index in [1.165, 1.54) is 0 Å². The Bertz CT molecular complexity index is 296. The molecule has 0 spiro atoms. The molecular formula is C16H32N2O. The summed E-state index contributed by atoms with van der Waals surface area (Å²) in [6.07, 6.45) is 4.22. The van der Waals surface area contributed by atoms with Gasteiger partial charge in [-0.25, -0.2) is 0 Å². The Hall–Kier alpha value is -0.570. The lowest BCUT2D eigenvalue weighted by Crippen LogP contribution is -2.44. The molecule has 19 heavy (non-hydrogen) atoms. The zero-order chi connectivity index (χ0) is 14.7. The van der Waals surface area contributed by atoms with Crippen molar-refractivity contribution in [1.82, 2.24) is 5.32 Å². The Kier molecular flexibility index (Phi) is 5.43. The van der Waals surface area contributed by atoms with E-state index in [4.69, 9.17) is 5.73 Å². The molecule has 1 rings (SSSR count). The average molecular weight is 268 g/mol. The first-order valence-electron chi connectivity index (χ1n) is 7.65. The summed E-state index contributed by atoms with van der Waals surface area (Å²) >= 11 is 0. The van der Waals surface area contributed by atoms with E-state index >= 15 is 0 Å². The highest BCUT2D eigenvalue weighted by atomic mass is 16.1. The number of hydrogen-bond acceptors (Lipinski definition) is 2. The number of nitrogens with one attached hydrogen (secondary N) is 1. The predicted molar refractivity (Wildman–Crippen MR) is 80.7 cm³/mol. The topological polar surface area (TPSA) is 55.1 Å². The Morgan fingerprint density at radius 1 is 1.11 bits per heavy atom. The van der Waals surface area contributed by atoms with Crippen LogP contribution in [0.15, 0.2) is 0 Å². The van der Waals surface area contributed by atoms with E-state index in [1.54, 1.807) is 0 Å². The maximum Gasteiger partial charge on any atom is 0.223 e. The van der Waals surface area contributed by atoms with Crippen molar-refractivity contribution < 1.29 is 4.79 Å². The summed E-state index contributed by atoms with van der Waals surface area (Å²) in [6.45, 7) is 12.7. The predicted octanol–water partition coefficient (Wildman–Crippen LogP) is 2.94. The molecule has 3 N–H and O–H groups in total. The van der Waals surface area contributed by atoms with Crippen LogP contribution in [-0.2, 0) is 4.79 Å². The highest BCUT2D eigenvalue weighted by Crippen LogP contribution is 2.37. The number of carbonyl (C=O) groups is 1. The van der Waals surface area contributed by atoms with Crippen LogP contribution in [0.3, 0.4) is 0 Å². The summed E-state index contributed by atoms with van der Waals surface area (Å²) in [6, 6.07) is 0. The molecule has 3 nitrogen and oxygen atoms in total. The van der Waals surface area contributed by atoms with Crippen LogP contribution < -0.4 is 11.1 Å². The number of amides is 1. The lowest BCUT2D eigenvalue weighted by Gasteiger charge is -2.39. The second-order valence-corrected chi connectivity index (χ2v) is 7.81. The SMILES string of the molecule is CC(C)(C)C(C)(C)CNC(=O)C1CCC(CN)CC1. The van der Waals surface area contributed by atoms with Gasteiger partial charge in [-0.1, -0.05) is 34.6 Å². The summed E-state index contributed by atoms with van der Waals surface area (Å²) in [4.78, 5) is 12.2. The third kappa shape index (κ3) is 4.48. The van der Waals surface area contributed by atoms with Crippen molar-refractivity contribution >= 4 is 5.91 Å². The quantitative estimate of drug-likeness (QED) is 0.823. The first kappa shape index (κ1) is 16.5. The minimum atomic E-state index is 0.108. The third-order valence-electron chi connectivity index (χ3n) is 5.29. The minimum Gasteiger partial charge on any atom is -0.355 e. The zero-order valence-corrected chi connectivity index (χ0v) is 13.4. The Labute approximate surface area is 118 Å². The summed E-state index contributed by atoms with van der Waals surface area (Å²) < 4.78 is 0. The molecule has 0 atom stereocenters. The molecule has 1 aliphatic rings. The van der Waals surface area contributed by atoms with Gasteiger partial charge in [-0.05, 0) is 49.0 Å². The van der Waals surface area contributed by atoms with E-state index in [0.29, 0.717) is 5.92 Å². The van der Waals surface area contributed by atoms with E-state index in [2.05, 4.69) is 39.9 Å². The molecule has 0 radical (unpaired) electrons. The van der Waals surface area contributed by atoms with Crippen molar-refractivity contribution in [1.29, 1.82) is 0 Å². The fraction of sp³-hybridized carbons (Fsp3) is 0.938. The normalized spacial score (nSPS) is 25.2. The lowest BCUT2D eigenvalue weighted by molar-refractivity contribution is -0.127. The number of nitrogens with two attached hydrogens (primary N) is 1. The number of carbonyl (C=O) groups excluding carboxylic acids is 1. The second kappa shape index (κ2) is 6.25. The van der Waals surface area contributed by atoms with Gasteiger partial charge in [-0.3, -0.25) is 4.79 Å². The Morgan fingerprint density at radius 3 is 2.05 bits per heavy atom. The van der Waals surface area contributed by atoms with E-state index in [9.17, 15) is 4.79 Å². The van der Waals surface area contributed by atoms with Gasteiger partial charge in [0.1, 0.15) is 0 Å². The van der Waals surface area contributed by atoms with Crippen LogP contribution in [0.5, 0.6) is 0 Å². The summed E-state index contributed by atoms with van der Waals surface area (Å²) in [7, 11) is 0. The number of hydrogen-bond donors (Lipinski definition) is 2. The van der Waals surface area contributed by atoms with E-state index in [-0.39, 0.29) is 22.7 Å². The van der Waals surface area contributed by atoms with Crippen molar-refractivity contribution in [3.05, 3.63) is 0 Å². The Balaban J connectivity index is 2.40. The van der Waals surface area contributed by atoms with Gasteiger partial charge >= 0.3 is 0 Å². The van der Waals surface area contributed by atoms with Gasteiger partial charge in [0.25, 0.3) is 0 Å². The highest BCUT2D eigenvalue weighted by Gasteiger charge is 2.34. The first-order chi connectivity index (χ1) is 8.67. The Morgan fingerprint density at radius 2 is 1.63 bits per heavy atom. The van der Waals surface area contributed by atoms with Crippen LogP contribution in [0.1, 0.15) is 60.3 Å². The van der Waals surface area contributed by atoms with Gasteiger partial charge in [-0.15, -0.1) is 0 Å². The molecule has 0 aromatic heterocycles. The maximum absolute atomic E-state index is 12.2. The van der Waals surface area contributed by atoms with Crippen molar-refractivity contribution in [3.8, 4) is 0 Å². The molecular weight excluding hydrogens is 236 g/mol. The lowest BCUT2D eigenvalue weighted by atomic mass is 9.69. The standard InChI is InChI=1S/C16H32N2O/c1-15(2,3)16(4,5)11-18-14(19)13-8-6-12(10-17)7-9-13/h12-13H,6-11,17H2,1-5H3,(H,18,19). The molecule has 3 heteroatoms. The molecule has 0 bridgehead atoms. The van der Waals surface area contributed by atoms with Gasteiger partial charge in [0.05, 0.1) is 0 Å². The van der Waals surface area contributed by atoms with Crippen molar-refractivity contribution in [2.45, 2.75) is 60.3 Å². The molecule has 1 saturated carbocycles. The van der Waals surface area contributed by atoms with Crippen molar-refractivity contribution in [2.75, 3.05) is 13.1 Å². The molecule has 0 heterocycles. The largest absolute Gasteiger partial charge is 0.355 e. The van der Waals surface area contributed by atoms with Gasteiger partial charge < -0.3 is 11.1 Å². The van der Waals surface area contributed by atoms with Crippen molar-refractivity contribution in [3.63, 3.8) is 0 Å².